The first-order valence-corrected chi connectivity index (χ1v) is 9.53. The lowest BCUT2D eigenvalue weighted by Gasteiger charge is -2.11. The van der Waals surface area contributed by atoms with Crippen molar-refractivity contribution in [3.05, 3.63) is 30.6 Å². The third-order valence-electron chi connectivity index (χ3n) is 5.21. The van der Waals surface area contributed by atoms with Crippen LogP contribution >= 0.6 is 0 Å². The van der Waals surface area contributed by atoms with E-state index in [1.807, 2.05) is 32.4 Å². The number of aromatic amines is 1. The minimum absolute atomic E-state index is 0.0334. The molecular formula is C21H25N5O3. The SMILES string of the molecule is COc1ccnc(OC)c1-c1c[nH]c2nc(NC(=O)[C@@H]3C[C@H]3CN(C)C)ccc12. The second kappa shape index (κ2) is 7.71. The van der Waals surface area contributed by atoms with Crippen molar-refractivity contribution < 1.29 is 14.3 Å². The number of hydrogen-bond acceptors (Lipinski definition) is 6. The molecule has 2 N–H and O–H groups in total. The summed E-state index contributed by atoms with van der Waals surface area (Å²) in [7, 11) is 7.24. The maximum atomic E-state index is 12.5. The highest BCUT2D eigenvalue weighted by atomic mass is 16.5. The molecule has 8 nitrogen and oxygen atoms in total. The third-order valence-corrected chi connectivity index (χ3v) is 5.21. The number of H-pyrrole nitrogens is 1. The van der Waals surface area contributed by atoms with Crippen LogP contribution in [0, 0.1) is 11.8 Å². The topological polar surface area (TPSA) is 92.4 Å². The number of nitrogens with zero attached hydrogens (tertiary/aromatic N) is 3. The lowest BCUT2D eigenvalue weighted by atomic mass is 10.1. The number of ether oxygens (including phenoxy) is 2. The van der Waals surface area contributed by atoms with Crippen molar-refractivity contribution >= 4 is 22.8 Å². The molecule has 1 fully saturated rings. The highest BCUT2D eigenvalue weighted by molar-refractivity contribution is 5.99. The molecule has 3 aromatic heterocycles. The molecule has 29 heavy (non-hydrogen) atoms. The van der Waals surface area contributed by atoms with Gasteiger partial charge in [-0.3, -0.25) is 4.79 Å². The van der Waals surface area contributed by atoms with Crippen LogP contribution in [-0.2, 0) is 4.79 Å². The molecule has 2 atom stereocenters. The molecule has 0 bridgehead atoms. The van der Waals surface area contributed by atoms with Crippen LogP contribution in [0.25, 0.3) is 22.2 Å². The molecule has 1 aliphatic rings. The second-order valence-corrected chi connectivity index (χ2v) is 7.55. The number of methoxy groups -OCH3 is 2. The van der Waals surface area contributed by atoms with Gasteiger partial charge < -0.3 is 24.7 Å². The van der Waals surface area contributed by atoms with Crippen molar-refractivity contribution in [2.75, 3.05) is 40.2 Å². The molecule has 1 aliphatic carbocycles. The van der Waals surface area contributed by atoms with E-state index >= 15 is 0 Å². The van der Waals surface area contributed by atoms with Crippen molar-refractivity contribution in [1.82, 2.24) is 19.9 Å². The maximum absolute atomic E-state index is 12.5. The smallest absolute Gasteiger partial charge is 0.228 e. The van der Waals surface area contributed by atoms with E-state index in [4.69, 9.17) is 9.47 Å². The van der Waals surface area contributed by atoms with E-state index in [1.54, 1.807) is 26.5 Å². The highest BCUT2D eigenvalue weighted by Gasteiger charge is 2.43. The van der Waals surface area contributed by atoms with Gasteiger partial charge in [-0.15, -0.1) is 0 Å². The Bertz CT molecular complexity index is 1020. The number of anilines is 1. The summed E-state index contributed by atoms with van der Waals surface area (Å²) in [6, 6.07) is 5.54. The van der Waals surface area contributed by atoms with E-state index in [-0.39, 0.29) is 11.8 Å². The fraction of sp³-hybridized carbons (Fsp3) is 0.381. The molecule has 4 rings (SSSR count). The molecule has 152 valence electrons. The van der Waals surface area contributed by atoms with Gasteiger partial charge in [0.1, 0.15) is 17.2 Å². The zero-order valence-corrected chi connectivity index (χ0v) is 17.0. The van der Waals surface area contributed by atoms with Crippen molar-refractivity contribution in [3.8, 4) is 22.8 Å². The van der Waals surface area contributed by atoms with Crippen LogP contribution in [0.1, 0.15) is 6.42 Å². The number of fused-ring (bicyclic) bond motifs is 1. The second-order valence-electron chi connectivity index (χ2n) is 7.55. The number of rotatable bonds is 7. The largest absolute Gasteiger partial charge is 0.496 e. The standard InChI is InChI=1S/C21H25N5O3/c1-26(2)11-12-9-14(12)20(27)25-17-6-5-13-15(10-23-19(13)24-17)18-16(28-3)7-8-22-21(18)29-4/h5-8,10,12,14H,9,11H2,1-4H3,(H2,23,24,25,27)/t12-,14+/m0/s1. The first-order chi connectivity index (χ1) is 14.0. The third kappa shape index (κ3) is 3.75. The van der Waals surface area contributed by atoms with Gasteiger partial charge in [-0.25, -0.2) is 9.97 Å². The number of aromatic nitrogens is 3. The van der Waals surface area contributed by atoms with Crippen molar-refractivity contribution in [2.45, 2.75) is 6.42 Å². The summed E-state index contributed by atoms with van der Waals surface area (Å²) in [5.74, 6) is 2.20. The van der Waals surface area contributed by atoms with E-state index in [1.165, 1.54) is 0 Å². The molecule has 0 aromatic carbocycles. The van der Waals surface area contributed by atoms with E-state index in [2.05, 4.69) is 25.2 Å². The van der Waals surface area contributed by atoms with Crippen LogP contribution in [0.15, 0.2) is 30.6 Å². The summed E-state index contributed by atoms with van der Waals surface area (Å²) >= 11 is 0. The Morgan fingerprint density at radius 2 is 2.10 bits per heavy atom. The first-order valence-electron chi connectivity index (χ1n) is 9.53. The van der Waals surface area contributed by atoms with Crippen LogP contribution in [-0.4, -0.2) is 60.6 Å². The minimum atomic E-state index is 0.0334. The number of nitrogens with one attached hydrogen (secondary N) is 2. The Labute approximate surface area is 169 Å². The van der Waals surface area contributed by atoms with Gasteiger partial charge in [-0.05, 0) is 44.6 Å². The van der Waals surface area contributed by atoms with Crippen LogP contribution in [0.2, 0.25) is 0 Å². The Morgan fingerprint density at radius 3 is 2.83 bits per heavy atom. The predicted molar refractivity (Wildman–Crippen MR) is 111 cm³/mol. The molecule has 0 aliphatic heterocycles. The van der Waals surface area contributed by atoms with E-state index in [0.717, 1.165) is 29.5 Å². The van der Waals surface area contributed by atoms with Gasteiger partial charge in [-0.2, -0.15) is 0 Å². The van der Waals surface area contributed by atoms with Gasteiger partial charge in [0.05, 0.1) is 19.8 Å². The van der Waals surface area contributed by atoms with Crippen LogP contribution in [0.3, 0.4) is 0 Å². The average Bonchev–Trinajstić information content (AvgIpc) is 3.35. The zero-order chi connectivity index (χ0) is 20.5. The van der Waals surface area contributed by atoms with Crippen molar-refractivity contribution in [3.63, 3.8) is 0 Å². The van der Waals surface area contributed by atoms with Crippen LogP contribution in [0.4, 0.5) is 5.82 Å². The molecule has 8 heteroatoms. The fourth-order valence-corrected chi connectivity index (χ4v) is 3.74. The summed E-state index contributed by atoms with van der Waals surface area (Å²) in [5, 5.41) is 3.84. The molecule has 0 saturated heterocycles. The van der Waals surface area contributed by atoms with Gasteiger partial charge in [-0.1, -0.05) is 0 Å². The number of carbonyl (C=O) groups excluding carboxylic acids is 1. The number of pyridine rings is 2. The molecule has 1 amide bonds. The van der Waals surface area contributed by atoms with Gasteiger partial charge in [0, 0.05) is 35.8 Å². The first kappa shape index (κ1) is 19.2. The van der Waals surface area contributed by atoms with Crippen LogP contribution in [0.5, 0.6) is 11.6 Å². The zero-order valence-electron chi connectivity index (χ0n) is 17.0. The van der Waals surface area contributed by atoms with E-state index in [9.17, 15) is 4.79 Å². The van der Waals surface area contributed by atoms with Crippen LogP contribution < -0.4 is 14.8 Å². The van der Waals surface area contributed by atoms with Crippen molar-refractivity contribution in [2.24, 2.45) is 11.8 Å². The summed E-state index contributed by atoms with van der Waals surface area (Å²) in [4.78, 5) is 26.6. The highest BCUT2D eigenvalue weighted by Crippen LogP contribution is 2.41. The average molecular weight is 395 g/mol. The summed E-state index contributed by atoms with van der Waals surface area (Å²) in [5.41, 5.74) is 2.30. The number of hydrogen-bond donors (Lipinski definition) is 2. The molecule has 3 aromatic rings. The van der Waals surface area contributed by atoms with E-state index < -0.39 is 0 Å². The Morgan fingerprint density at radius 1 is 1.28 bits per heavy atom. The minimum Gasteiger partial charge on any atom is -0.496 e. The van der Waals surface area contributed by atoms with Crippen molar-refractivity contribution in [1.29, 1.82) is 0 Å². The van der Waals surface area contributed by atoms with Gasteiger partial charge >= 0.3 is 0 Å². The normalized spacial score (nSPS) is 18.1. The maximum Gasteiger partial charge on any atom is 0.228 e. The Kier molecular flexibility index (Phi) is 5.10. The molecule has 1 saturated carbocycles. The molecule has 0 unspecified atom stereocenters. The lowest BCUT2D eigenvalue weighted by Crippen LogP contribution is -2.20. The van der Waals surface area contributed by atoms with Gasteiger partial charge in [0.15, 0.2) is 0 Å². The summed E-state index contributed by atoms with van der Waals surface area (Å²) in [6.07, 6.45) is 4.42. The number of carbonyl (C=O) groups is 1. The predicted octanol–water partition coefficient (Wildman–Crippen LogP) is 2.78. The molecule has 3 heterocycles. The summed E-state index contributed by atoms with van der Waals surface area (Å²) < 4.78 is 10.9. The quantitative estimate of drug-likeness (QED) is 0.639. The summed E-state index contributed by atoms with van der Waals surface area (Å²) in [6.45, 7) is 0.930. The lowest BCUT2D eigenvalue weighted by molar-refractivity contribution is -0.117. The Balaban J connectivity index is 1.59. The number of amides is 1. The van der Waals surface area contributed by atoms with Gasteiger partial charge in [0.25, 0.3) is 0 Å². The molecule has 0 spiro atoms. The Hall–Kier alpha value is -3.13. The molecule has 0 radical (unpaired) electrons. The molecular weight excluding hydrogens is 370 g/mol. The van der Waals surface area contributed by atoms with E-state index in [0.29, 0.717) is 29.0 Å². The van der Waals surface area contributed by atoms with Gasteiger partial charge in [0.2, 0.25) is 11.8 Å². The monoisotopic (exact) mass is 395 g/mol. The fourth-order valence-electron chi connectivity index (χ4n) is 3.74.